The molecule has 0 saturated heterocycles. The Morgan fingerprint density at radius 3 is 2.57 bits per heavy atom. The van der Waals surface area contributed by atoms with Crippen LogP contribution in [-0.2, 0) is 11.2 Å². The first kappa shape index (κ1) is 19.6. The molecule has 0 aliphatic carbocycles. The number of nitrogens with zero attached hydrogens (tertiary/aromatic N) is 3. The number of hydrogen-bond acceptors (Lipinski definition) is 7. The van der Waals surface area contributed by atoms with E-state index in [0.29, 0.717) is 30.5 Å². The normalized spacial score (nSPS) is 10.4. The van der Waals surface area contributed by atoms with E-state index < -0.39 is 0 Å². The average molecular weight is 398 g/mol. The van der Waals surface area contributed by atoms with Crippen LogP contribution >= 0.6 is 11.6 Å². The van der Waals surface area contributed by atoms with E-state index in [2.05, 4.69) is 25.8 Å². The van der Waals surface area contributed by atoms with Gasteiger partial charge in [-0.3, -0.25) is 0 Å². The van der Waals surface area contributed by atoms with E-state index in [0.717, 1.165) is 17.1 Å². The van der Waals surface area contributed by atoms with E-state index in [-0.39, 0.29) is 5.97 Å². The lowest BCUT2D eigenvalue weighted by molar-refractivity contribution is 0.0526. The van der Waals surface area contributed by atoms with Crippen LogP contribution in [0, 0.1) is 0 Å². The molecule has 0 atom stereocenters. The van der Waals surface area contributed by atoms with Gasteiger partial charge in [0.05, 0.1) is 18.4 Å². The van der Waals surface area contributed by atoms with Gasteiger partial charge in [0.1, 0.15) is 0 Å². The molecule has 28 heavy (non-hydrogen) atoms. The number of anilines is 3. The van der Waals surface area contributed by atoms with Crippen molar-refractivity contribution in [3.63, 3.8) is 0 Å². The van der Waals surface area contributed by atoms with Gasteiger partial charge in [-0.1, -0.05) is 23.7 Å². The van der Waals surface area contributed by atoms with Gasteiger partial charge in [-0.05, 0) is 55.3 Å². The number of esters is 1. The van der Waals surface area contributed by atoms with Crippen LogP contribution in [-0.4, -0.2) is 34.3 Å². The molecular weight excluding hydrogens is 378 g/mol. The first-order valence-corrected chi connectivity index (χ1v) is 9.24. The molecule has 3 rings (SSSR count). The minimum absolute atomic E-state index is 0.343. The summed E-state index contributed by atoms with van der Waals surface area (Å²) in [5, 5.41) is 15.0. The number of carbonyl (C=O) groups excluding carboxylic acids is 1. The van der Waals surface area contributed by atoms with Crippen molar-refractivity contribution in [3.05, 3.63) is 70.9 Å². The third-order valence-corrected chi connectivity index (χ3v) is 4.09. The van der Waals surface area contributed by atoms with E-state index in [9.17, 15) is 4.79 Å². The van der Waals surface area contributed by atoms with Gasteiger partial charge in [0, 0.05) is 17.3 Å². The van der Waals surface area contributed by atoms with Crippen molar-refractivity contribution in [3.8, 4) is 0 Å². The molecule has 0 aliphatic heterocycles. The molecule has 1 heterocycles. The minimum Gasteiger partial charge on any atom is -0.462 e. The van der Waals surface area contributed by atoms with Crippen LogP contribution in [0.3, 0.4) is 0 Å². The molecule has 1 aromatic heterocycles. The molecule has 0 radical (unpaired) electrons. The van der Waals surface area contributed by atoms with Gasteiger partial charge in [0.15, 0.2) is 5.82 Å². The van der Waals surface area contributed by atoms with Crippen molar-refractivity contribution < 1.29 is 9.53 Å². The maximum absolute atomic E-state index is 11.7. The second-order valence-corrected chi connectivity index (χ2v) is 6.33. The SMILES string of the molecule is CCOC(=O)c1ccc(Nc2cnnc(NCCc3ccc(Cl)cc3)n2)cc1. The smallest absolute Gasteiger partial charge is 0.338 e. The first-order valence-electron chi connectivity index (χ1n) is 8.86. The number of carbonyl (C=O) groups is 1. The summed E-state index contributed by atoms with van der Waals surface area (Å²) in [6, 6.07) is 14.7. The summed E-state index contributed by atoms with van der Waals surface area (Å²) in [4.78, 5) is 16.1. The summed E-state index contributed by atoms with van der Waals surface area (Å²) in [6.45, 7) is 2.79. The zero-order valence-electron chi connectivity index (χ0n) is 15.4. The van der Waals surface area contributed by atoms with Gasteiger partial charge in [0.25, 0.3) is 0 Å². The van der Waals surface area contributed by atoms with Crippen molar-refractivity contribution in [2.75, 3.05) is 23.8 Å². The predicted octanol–water partition coefficient (Wildman–Crippen LogP) is 4.10. The first-order chi connectivity index (χ1) is 13.6. The number of halogens is 1. The molecule has 2 N–H and O–H groups in total. The van der Waals surface area contributed by atoms with Gasteiger partial charge >= 0.3 is 5.97 Å². The Kier molecular flexibility index (Phi) is 6.75. The number of nitrogens with one attached hydrogen (secondary N) is 2. The van der Waals surface area contributed by atoms with Crippen LogP contribution in [0.2, 0.25) is 5.02 Å². The molecule has 8 heteroatoms. The van der Waals surface area contributed by atoms with E-state index in [1.54, 1.807) is 31.2 Å². The highest BCUT2D eigenvalue weighted by Crippen LogP contribution is 2.16. The molecule has 0 saturated carbocycles. The third kappa shape index (κ3) is 5.65. The summed E-state index contributed by atoms with van der Waals surface area (Å²) in [7, 11) is 0. The van der Waals surface area contributed by atoms with Crippen LogP contribution in [0.15, 0.2) is 54.7 Å². The summed E-state index contributed by atoms with van der Waals surface area (Å²) >= 11 is 5.89. The van der Waals surface area contributed by atoms with E-state index in [1.165, 1.54) is 11.8 Å². The van der Waals surface area contributed by atoms with Gasteiger partial charge in [0.2, 0.25) is 5.95 Å². The molecular formula is C20H20ClN5O2. The van der Waals surface area contributed by atoms with Crippen molar-refractivity contribution >= 4 is 35.0 Å². The quantitative estimate of drug-likeness (QED) is 0.553. The summed E-state index contributed by atoms with van der Waals surface area (Å²) in [5.74, 6) is 0.639. The lowest BCUT2D eigenvalue weighted by atomic mass is 10.1. The van der Waals surface area contributed by atoms with E-state index >= 15 is 0 Å². The van der Waals surface area contributed by atoms with Crippen LogP contribution in [0.5, 0.6) is 0 Å². The lowest BCUT2D eigenvalue weighted by Crippen LogP contribution is -2.09. The maximum Gasteiger partial charge on any atom is 0.338 e. The maximum atomic E-state index is 11.7. The molecule has 3 aromatic rings. The molecule has 2 aromatic carbocycles. The molecule has 144 valence electrons. The average Bonchev–Trinajstić information content (AvgIpc) is 2.71. The van der Waals surface area contributed by atoms with Crippen LogP contribution in [0.4, 0.5) is 17.5 Å². The third-order valence-electron chi connectivity index (χ3n) is 3.84. The molecule has 0 aliphatic rings. The number of rotatable bonds is 8. The molecule has 0 spiro atoms. The second kappa shape index (κ2) is 9.66. The Hall–Kier alpha value is -3.19. The van der Waals surface area contributed by atoms with Gasteiger partial charge in [-0.15, -0.1) is 5.10 Å². The Morgan fingerprint density at radius 1 is 1.11 bits per heavy atom. The predicted molar refractivity (Wildman–Crippen MR) is 109 cm³/mol. The number of aromatic nitrogens is 3. The highest BCUT2D eigenvalue weighted by atomic mass is 35.5. The fourth-order valence-corrected chi connectivity index (χ4v) is 2.59. The Bertz CT molecular complexity index is 917. The number of hydrogen-bond donors (Lipinski definition) is 2. The molecule has 0 amide bonds. The van der Waals surface area contributed by atoms with Crippen molar-refractivity contribution in [1.82, 2.24) is 15.2 Å². The van der Waals surface area contributed by atoms with Gasteiger partial charge in [-0.25, -0.2) is 4.79 Å². The molecule has 0 unspecified atom stereocenters. The Balaban J connectivity index is 1.55. The summed E-state index contributed by atoms with van der Waals surface area (Å²) in [5.41, 5.74) is 2.44. The van der Waals surface area contributed by atoms with Crippen molar-refractivity contribution in [2.45, 2.75) is 13.3 Å². The highest BCUT2D eigenvalue weighted by molar-refractivity contribution is 6.30. The zero-order valence-corrected chi connectivity index (χ0v) is 16.1. The number of benzene rings is 2. The monoisotopic (exact) mass is 397 g/mol. The van der Waals surface area contributed by atoms with Gasteiger partial charge < -0.3 is 15.4 Å². The Morgan fingerprint density at radius 2 is 1.86 bits per heavy atom. The Labute approximate surface area is 168 Å². The lowest BCUT2D eigenvalue weighted by Gasteiger charge is -2.08. The summed E-state index contributed by atoms with van der Waals surface area (Å²) < 4.78 is 4.97. The second-order valence-electron chi connectivity index (χ2n) is 5.89. The van der Waals surface area contributed by atoms with Crippen molar-refractivity contribution in [2.24, 2.45) is 0 Å². The van der Waals surface area contributed by atoms with E-state index in [4.69, 9.17) is 16.3 Å². The van der Waals surface area contributed by atoms with Crippen LogP contribution < -0.4 is 10.6 Å². The van der Waals surface area contributed by atoms with Crippen molar-refractivity contribution in [1.29, 1.82) is 0 Å². The molecule has 0 bridgehead atoms. The fourth-order valence-electron chi connectivity index (χ4n) is 2.46. The molecule has 0 fully saturated rings. The fraction of sp³-hybridized carbons (Fsp3) is 0.200. The van der Waals surface area contributed by atoms with Crippen LogP contribution in [0.25, 0.3) is 0 Å². The largest absolute Gasteiger partial charge is 0.462 e. The minimum atomic E-state index is -0.343. The van der Waals surface area contributed by atoms with Gasteiger partial charge in [-0.2, -0.15) is 10.1 Å². The summed E-state index contributed by atoms with van der Waals surface area (Å²) in [6.07, 6.45) is 2.34. The zero-order chi connectivity index (χ0) is 19.8. The van der Waals surface area contributed by atoms with Crippen LogP contribution in [0.1, 0.15) is 22.8 Å². The highest BCUT2D eigenvalue weighted by Gasteiger charge is 2.06. The van der Waals surface area contributed by atoms with E-state index in [1.807, 2.05) is 24.3 Å². The number of ether oxygens (including phenoxy) is 1. The topological polar surface area (TPSA) is 89.0 Å². The standard InChI is InChI=1S/C20H20ClN5O2/c1-2-28-19(27)15-5-9-17(10-6-15)24-18-13-23-26-20(25-18)22-12-11-14-3-7-16(21)8-4-14/h3-10,13H,2,11-12H2,1H3,(H2,22,24,25,26). The molecule has 7 nitrogen and oxygen atoms in total.